The second-order valence-corrected chi connectivity index (χ2v) is 9.59. The largest absolute Gasteiger partial charge is 0.419 e. The molecule has 4 rings (SSSR count). The molecule has 0 spiro atoms. The smallest absolute Gasteiger partial charge is 0.408 e. The van der Waals surface area contributed by atoms with Gasteiger partial charge in [-0.15, -0.1) is 0 Å². The van der Waals surface area contributed by atoms with Crippen LogP contribution >= 0.6 is 11.8 Å². The first-order chi connectivity index (χ1) is 11.4. The van der Waals surface area contributed by atoms with Gasteiger partial charge in [0.1, 0.15) is 0 Å². The molecular formula is C16H20N2O4S2. The lowest BCUT2D eigenvalue weighted by atomic mass is 10.1. The van der Waals surface area contributed by atoms with Crippen molar-refractivity contribution in [2.45, 2.75) is 47.9 Å². The lowest BCUT2D eigenvalue weighted by Crippen LogP contribution is -2.47. The summed E-state index contributed by atoms with van der Waals surface area (Å²) in [7, 11) is -1.98. The summed E-state index contributed by atoms with van der Waals surface area (Å²) in [4.78, 5) is 11.9. The van der Waals surface area contributed by atoms with Crippen LogP contribution in [0.15, 0.2) is 32.3 Å². The first-order valence-corrected chi connectivity index (χ1v) is 10.8. The fourth-order valence-electron chi connectivity index (χ4n) is 4.06. The Labute approximate surface area is 144 Å². The van der Waals surface area contributed by atoms with E-state index < -0.39 is 15.8 Å². The van der Waals surface area contributed by atoms with Gasteiger partial charge < -0.3 is 4.42 Å². The predicted molar refractivity (Wildman–Crippen MR) is 93.8 cm³/mol. The molecule has 1 aromatic carbocycles. The Morgan fingerprint density at radius 2 is 1.88 bits per heavy atom. The number of thioether (sulfide) groups is 1. The van der Waals surface area contributed by atoms with E-state index in [1.807, 2.05) is 11.8 Å². The Hall–Kier alpha value is -1.25. The molecule has 0 aliphatic carbocycles. The fourth-order valence-corrected chi connectivity index (χ4v) is 6.80. The third-order valence-electron chi connectivity index (χ3n) is 5.29. The maximum atomic E-state index is 13.2. The molecule has 24 heavy (non-hydrogen) atoms. The Morgan fingerprint density at radius 3 is 2.50 bits per heavy atom. The normalized spacial score (nSPS) is 27.8. The summed E-state index contributed by atoms with van der Waals surface area (Å²) in [6.45, 7) is 0. The molecule has 2 aliphatic heterocycles. The van der Waals surface area contributed by atoms with E-state index in [1.54, 1.807) is 29.6 Å². The number of fused-ring (bicyclic) bond motifs is 3. The quantitative estimate of drug-likeness (QED) is 0.830. The van der Waals surface area contributed by atoms with Gasteiger partial charge in [-0.1, -0.05) is 0 Å². The van der Waals surface area contributed by atoms with Gasteiger partial charge in [0.2, 0.25) is 10.0 Å². The first-order valence-electron chi connectivity index (χ1n) is 8.07. The minimum atomic E-state index is -3.56. The van der Waals surface area contributed by atoms with Crippen LogP contribution in [0.5, 0.6) is 0 Å². The van der Waals surface area contributed by atoms with E-state index in [0.717, 1.165) is 25.7 Å². The summed E-state index contributed by atoms with van der Waals surface area (Å²) in [5.41, 5.74) is 0.915. The first kappa shape index (κ1) is 16.2. The SMILES string of the molecule is CSC1CC2CCC(C1)N2S(=O)(=O)c1ccc2oc(=O)n(C)c2c1. The van der Waals surface area contributed by atoms with Gasteiger partial charge in [0.25, 0.3) is 0 Å². The van der Waals surface area contributed by atoms with E-state index in [1.165, 1.54) is 4.57 Å². The molecule has 2 fully saturated rings. The monoisotopic (exact) mass is 368 g/mol. The second-order valence-electron chi connectivity index (χ2n) is 6.61. The summed E-state index contributed by atoms with van der Waals surface area (Å²) < 4.78 is 34.6. The zero-order valence-corrected chi connectivity index (χ0v) is 15.3. The molecule has 0 N–H and O–H groups in total. The van der Waals surface area contributed by atoms with E-state index >= 15 is 0 Å². The number of nitrogens with zero attached hydrogens (tertiary/aromatic N) is 2. The van der Waals surface area contributed by atoms with E-state index in [4.69, 9.17) is 4.42 Å². The van der Waals surface area contributed by atoms with Crippen molar-refractivity contribution in [1.82, 2.24) is 8.87 Å². The minimum absolute atomic E-state index is 0.0927. The maximum absolute atomic E-state index is 13.2. The van der Waals surface area contributed by atoms with E-state index in [2.05, 4.69) is 6.26 Å². The van der Waals surface area contributed by atoms with E-state index in [9.17, 15) is 13.2 Å². The van der Waals surface area contributed by atoms with Crippen molar-refractivity contribution in [2.75, 3.05) is 6.26 Å². The van der Waals surface area contributed by atoms with E-state index in [0.29, 0.717) is 16.3 Å². The van der Waals surface area contributed by atoms with Crippen molar-refractivity contribution in [3.8, 4) is 0 Å². The molecule has 130 valence electrons. The Balaban J connectivity index is 1.76. The van der Waals surface area contributed by atoms with Gasteiger partial charge >= 0.3 is 5.76 Å². The highest BCUT2D eigenvalue weighted by atomic mass is 32.2. The predicted octanol–water partition coefficient (Wildman–Crippen LogP) is 2.18. The van der Waals surface area contributed by atoms with Crippen molar-refractivity contribution in [1.29, 1.82) is 0 Å². The number of hydrogen-bond donors (Lipinski definition) is 0. The van der Waals surface area contributed by atoms with Gasteiger partial charge in [0.05, 0.1) is 10.4 Å². The fraction of sp³-hybridized carbons (Fsp3) is 0.562. The van der Waals surface area contributed by atoms with Crippen molar-refractivity contribution < 1.29 is 12.8 Å². The van der Waals surface area contributed by atoms with Crippen LogP contribution < -0.4 is 5.76 Å². The van der Waals surface area contributed by atoms with Crippen LogP contribution in [-0.4, -0.2) is 40.9 Å². The van der Waals surface area contributed by atoms with Crippen molar-refractivity contribution in [2.24, 2.45) is 7.05 Å². The van der Waals surface area contributed by atoms with Gasteiger partial charge in [-0.25, -0.2) is 13.2 Å². The molecule has 0 radical (unpaired) electrons. The second kappa shape index (κ2) is 5.64. The van der Waals surface area contributed by atoms with Crippen LogP contribution in [-0.2, 0) is 17.1 Å². The summed E-state index contributed by atoms with van der Waals surface area (Å²) >= 11 is 1.84. The Kier molecular flexibility index (Phi) is 3.81. The van der Waals surface area contributed by atoms with Gasteiger partial charge in [0.15, 0.2) is 5.58 Å². The molecule has 2 bridgehead atoms. The average molecular weight is 368 g/mol. The molecule has 2 atom stereocenters. The summed E-state index contributed by atoms with van der Waals surface area (Å²) in [5, 5.41) is 0.547. The molecule has 0 amide bonds. The number of benzene rings is 1. The van der Waals surface area contributed by atoms with Crippen LogP contribution in [0.2, 0.25) is 0 Å². The van der Waals surface area contributed by atoms with Gasteiger partial charge in [-0.3, -0.25) is 4.57 Å². The van der Waals surface area contributed by atoms with Crippen molar-refractivity contribution >= 4 is 32.9 Å². The number of aryl methyl sites for hydroxylation is 1. The van der Waals surface area contributed by atoms with Crippen LogP contribution in [0.3, 0.4) is 0 Å². The highest BCUT2D eigenvalue weighted by molar-refractivity contribution is 7.99. The molecule has 8 heteroatoms. The molecule has 3 heterocycles. The summed E-state index contributed by atoms with van der Waals surface area (Å²) in [6.07, 6.45) is 5.81. The number of hydrogen-bond acceptors (Lipinski definition) is 5. The molecule has 0 saturated carbocycles. The number of piperidine rings is 1. The Bertz CT molecular complexity index is 933. The maximum Gasteiger partial charge on any atom is 0.419 e. The molecule has 2 aromatic rings. The van der Waals surface area contributed by atoms with Gasteiger partial charge in [-0.2, -0.15) is 16.1 Å². The molecule has 2 saturated heterocycles. The summed E-state index contributed by atoms with van der Waals surface area (Å²) in [6, 6.07) is 4.85. The van der Waals surface area contributed by atoms with Crippen molar-refractivity contribution in [3.63, 3.8) is 0 Å². The van der Waals surface area contributed by atoms with Gasteiger partial charge in [0, 0.05) is 24.4 Å². The van der Waals surface area contributed by atoms with Crippen LogP contribution in [0.1, 0.15) is 25.7 Å². The topological polar surface area (TPSA) is 72.5 Å². The third-order valence-corrected chi connectivity index (χ3v) is 8.35. The lowest BCUT2D eigenvalue weighted by molar-refractivity contribution is 0.253. The number of sulfonamides is 1. The third kappa shape index (κ3) is 2.34. The van der Waals surface area contributed by atoms with Crippen LogP contribution in [0, 0.1) is 0 Å². The van der Waals surface area contributed by atoms with Crippen LogP contribution in [0.4, 0.5) is 0 Å². The standard InChI is InChI=1S/C16H20N2O4S2/c1-17-14-9-13(5-6-15(14)22-16(17)19)24(20,21)18-10-3-4-11(18)8-12(7-10)23-2/h5-6,9-12H,3-4,7-8H2,1-2H3. The number of aromatic nitrogens is 1. The van der Waals surface area contributed by atoms with Crippen molar-refractivity contribution in [3.05, 3.63) is 28.7 Å². The highest BCUT2D eigenvalue weighted by Crippen LogP contribution is 2.42. The molecule has 2 unspecified atom stereocenters. The summed E-state index contributed by atoms with van der Waals surface area (Å²) in [5.74, 6) is -0.486. The van der Waals surface area contributed by atoms with E-state index in [-0.39, 0.29) is 17.0 Å². The van der Waals surface area contributed by atoms with Gasteiger partial charge in [-0.05, 0) is 50.1 Å². The average Bonchev–Trinajstić information content (AvgIpc) is 3.01. The zero-order chi connectivity index (χ0) is 17.1. The van der Waals surface area contributed by atoms with Crippen LogP contribution in [0.25, 0.3) is 11.1 Å². The number of oxazole rings is 1. The highest BCUT2D eigenvalue weighted by Gasteiger charge is 2.47. The Morgan fingerprint density at radius 1 is 1.21 bits per heavy atom. The minimum Gasteiger partial charge on any atom is -0.408 e. The molecule has 2 aliphatic rings. The molecular weight excluding hydrogens is 348 g/mol. The molecule has 6 nitrogen and oxygen atoms in total. The lowest BCUT2D eigenvalue weighted by Gasteiger charge is -2.37. The zero-order valence-electron chi connectivity index (χ0n) is 13.6. The molecule has 1 aromatic heterocycles. The number of rotatable bonds is 3.